The van der Waals surface area contributed by atoms with Crippen LogP contribution in [0, 0.1) is 18.3 Å². The SMILES string of the molecule is Cc1cccc(Oc2ccc(/C=C/C(=O)O)cc2C#N)c1. The second-order valence-corrected chi connectivity index (χ2v) is 4.46. The van der Waals surface area contributed by atoms with Gasteiger partial charge in [-0.15, -0.1) is 0 Å². The minimum Gasteiger partial charge on any atom is -0.478 e. The van der Waals surface area contributed by atoms with Gasteiger partial charge in [0, 0.05) is 6.08 Å². The molecule has 104 valence electrons. The summed E-state index contributed by atoms with van der Waals surface area (Å²) in [6, 6.07) is 14.5. The third kappa shape index (κ3) is 3.95. The van der Waals surface area contributed by atoms with E-state index in [-0.39, 0.29) is 0 Å². The first-order valence-corrected chi connectivity index (χ1v) is 6.28. The van der Waals surface area contributed by atoms with Crippen molar-refractivity contribution < 1.29 is 14.6 Å². The van der Waals surface area contributed by atoms with Crippen molar-refractivity contribution in [2.75, 3.05) is 0 Å². The molecule has 2 aromatic carbocycles. The summed E-state index contributed by atoms with van der Waals surface area (Å²) in [5.74, 6) is 0.0597. The molecule has 0 heterocycles. The molecule has 0 fully saturated rings. The highest BCUT2D eigenvalue weighted by Gasteiger charge is 2.05. The fraction of sp³-hybridized carbons (Fsp3) is 0.0588. The lowest BCUT2D eigenvalue weighted by molar-refractivity contribution is -0.131. The molecule has 4 nitrogen and oxygen atoms in total. The van der Waals surface area contributed by atoms with Gasteiger partial charge in [0.1, 0.15) is 17.6 Å². The van der Waals surface area contributed by atoms with E-state index >= 15 is 0 Å². The van der Waals surface area contributed by atoms with Crippen LogP contribution < -0.4 is 4.74 Å². The minimum absolute atomic E-state index is 0.351. The summed E-state index contributed by atoms with van der Waals surface area (Å²) in [6.45, 7) is 1.96. The maximum atomic E-state index is 10.5. The van der Waals surface area contributed by atoms with Crippen LogP contribution in [0.1, 0.15) is 16.7 Å². The first kappa shape index (κ1) is 14.4. The molecule has 0 aliphatic carbocycles. The highest BCUT2D eigenvalue weighted by Crippen LogP contribution is 2.26. The molecule has 0 aromatic heterocycles. The van der Waals surface area contributed by atoms with E-state index in [0.717, 1.165) is 11.6 Å². The first-order valence-electron chi connectivity index (χ1n) is 6.28. The Balaban J connectivity index is 2.29. The fourth-order valence-corrected chi connectivity index (χ4v) is 1.80. The van der Waals surface area contributed by atoms with Crippen molar-refractivity contribution in [1.29, 1.82) is 5.26 Å². The van der Waals surface area contributed by atoms with Crippen LogP contribution in [0.2, 0.25) is 0 Å². The van der Waals surface area contributed by atoms with Gasteiger partial charge in [-0.2, -0.15) is 5.26 Å². The molecule has 0 amide bonds. The van der Waals surface area contributed by atoms with E-state index in [1.165, 1.54) is 6.08 Å². The number of carbonyl (C=O) groups is 1. The molecule has 2 aromatic rings. The van der Waals surface area contributed by atoms with Crippen molar-refractivity contribution in [3.8, 4) is 17.6 Å². The zero-order valence-corrected chi connectivity index (χ0v) is 11.4. The summed E-state index contributed by atoms with van der Waals surface area (Å²) in [4.78, 5) is 10.5. The monoisotopic (exact) mass is 279 g/mol. The van der Waals surface area contributed by atoms with Crippen LogP contribution in [-0.2, 0) is 4.79 Å². The average Bonchev–Trinajstić information content (AvgIpc) is 2.46. The van der Waals surface area contributed by atoms with Gasteiger partial charge in [-0.1, -0.05) is 18.2 Å². The lowest BCUT2D eigenvalue weighted by atomic mass is 10.1. The van der Waals surface area contributed by atoms with Gasteiger partial charge in [-0.05, 0) is 48.4 Å². The topological polar surface area (TPSA) is 70.3 Å². The number of carboxylic acids is 1. The second-order valence-electron chi connectivity index (χ2n) is 4.46. The van der Waals surface area contributed by atoms with Gasteiger partial charge in [0.2, 0.25) is 0 Å². The van der Waals surface area contributed by atoms with Crippen molar-refractivity contribution in [1.82, 2.24) is 0 Å². The Labute approximate surface area is 122 Å². The fourth-order valence-electron chi connectivity index (χ4n) is 1.80. The number of rotatable bonds is 4. The first-order chi connectivity index (χ1) is 10.1. The Hall–Kier alpha value is -3.06. The number of carboxylic acid groups (broad SMARTS) is 1. The smallest absolute Gasteiger partial charge is 0.328 e. The Morgan fingerprint density at radius 1 is 1.29 bits per heavy atom. The van der Waals surface area contributed by atoms with Crippen LogP contribution >= 0.6 is 0 Å². The Morgan fingerprint density at radius 2 is 2.10 bits per heavy atom. The van der Waals surface area contributed by atoms with Gasteiger partial charge < -0.3 is 9.84 Å². The van der Waals surface area contributed by atoms with E-state index in [4.69, 9.17) is 9.84 Å². The number of nitriles is 1. The number of aryl methyl sites for hydroxylation is 1. The van der Waals surface area contributed by atoms with Gasteiger partial charge in [-0.3, -0.25) is 0 Å². The third-order valence-electron chi connectivity index (χ3n) is 2.76. The van der Waals surface area contributed by atoms with Crippen LogP contribution in [0.5, 0.6) is 11.5 Å². The van der Waals surface area contributed by atoms with E-state index in [1.54, 1.807) is 18.2 Å². The zero-order valence-electron chi connectivity index (χ0n) is 11.4. The second kappa shape index (κ2) is 6.40. The molecular weight excluding hydrogens is 266 g/mol. The predicted molar refractivity (Wildman–Crippen MR) is 79.1 cm³/mol. The van der Waals surface area contributed by atoms with E-state index < -0.39 is 5.97 Å². The Bertz CT molecular complexity index is 742. The lowest BCUT2D eigenvalue weighted by Gasteiger charge is -2.08. The van der Waals surface area contributed by atoms with E-state index in [2.05, 4.69) is 6.07 Å². The van der Waals surface area contributed by atoms with Crippen molar-refractivity contribution in [3.05, 3.63) is 65.2 Å². The standard InChI is InChI=1S/C17H13NO3/c1-12-3-2-4-15(9-12)21-16-7-5-13(6-8-17(19)20)10-14(16)11-18/h2-10H,1H3,(H,19,20)/b8-6+. The number of hydrogen-bond acceptors (Lipinski definition) is 3. The van der Waals surface area contributed by atoms with Crippen molar-refractivity contribution in [2.24, 2.45) is 0 Å². The number of ether oxygens (including phenoxy) is 1. The lowest BCUT2D eigenvalue weighted by Crippen LogP contribution is -1.90. The van der Waals surface area contributed by atoms with Crippen LogP contribution in [0.4, 0.5) is 0 Å². The summed E-state index contributed by atoms with van der Waals surface area (Å²) >= 11 is 0. The number of benzene rings is 2. The maximum Gasteiger partial charge on any atom is 0.328 e. The third-order valence-corrected chi connectivity index (χ3v) is 2.76. The largest absolute Gasteiger partial charge is 0.478 e. The Kier molecular flexibility index (Phi) is 4.37. The molecule has 0 saturated carbocycles. The molecule has 0 bridgehead atoms. The molecule has 21 heavy (non-hydrogen) atoms. The van der Waals surface area contributed by atoms with E-state index in [1.807, 2.05) is 31.2 Å². The van der Waals surface area contributed by atoms with Gasteiger partial charge in [0.25, 0.3) is 0 Å². The van der Waals surface area contributed by atoms with Crippen molar-refractivity contribution >= 4 is 12.0 Å². The van der Waals surface area contributed by atoms with Gasteiger partial charge in [0.15, 0.2) is 0 Å². The van der Waals surface area contributed by atoms with Crippen LogP contribution in [0.15, 0.2) is 48.5 Å². The Morgan fingerprint density at radius 3 is 2.76 bits per heavy atom. The highest BCUT2D eigenvalue weighted by molar-refractivity contribution is 5.85. The quantitative estimate of drug-likeness (QED) is 0.865. The molecule has 0 saturated heterocycles. The number of hydrogen-bond donors (Lipinski definition) is 1. The molecule has 0 spiro atoms. The summed E-state index contributed by atoms with van der Waals surface area (Å²) < 4.78 is 5.70. The molecule has 0 aliphatic heterocycles. The zero-order chi connectivity index (χ0) is 15.2. The van der Waals surface area contributed by atoms with Gasteiger partial charge in [0.05, 0.1) is 5.56 Å². The molecule has 0 aliphatic rings. The van der Waals surface area contributed by atoms with Crippen LogP contribution in [0.25, 0.3) is 6.08 Å². The molecule has 0 unspecified atom stereocenters. The molecule has 1 N–H and O–H groups in total. The normalized spacial score (nSPS) is 10.3. The van der Waals surface area contributed by atoms with Crippen molar-refractivity contribution in [2.45, 2.75) is 6.92 Å². The maximum absolute atomic E-state index is 10.5. The summed E-state index contributed by atoms with van der Waals surface area (Å²) in [7, 11) is 0. The summed E-state index contributed by atoms with van der Waals surface area (Å²) in [6.07, 6.45) is 2.46. The summed E-state index contributed by atoms with van der Waals surface area (Å²) in [5, 5.41) is 17.8. The van der Waals surface area contributed by atoms with Crippen LogP contribution in [0.3, 0.4) is 0 Å². The van der Waals surface area contributed by atoms with Gasteiger partial charge >= 0.3 is 5.97 Å². The van der Waals surface area contributed by atoms with E-state index in [0.29, 0.717) is 22.6 Å². The number of aliphatic carboxylic acids is 1. The molecular formula is C17H13NO3. The summed E-state index contributed by atoms with van der Waals surface area (Å²) in [5.41, 5.74) is 2.04. The average molecular weight is 279 g/mol. The molecule has 2 rings (SSSR count). The van der Waals surface area contributed by atoms with Gasteiger partial charge in [-0.25, -0.2) is 4.79 Å². The molecule has 0 atom stereocenters. The highest BCUT2D eigenvalue weighted by atomic mass is 16.5. The van der Waals surface area contributed by atoms with E-state index in [9.17, 15) is 10.1 Å². The predicted octanol–water partition coefficient (Wildman–Crippen LogP) is 3.76. The molecule has 0 radical (unpaired) electrons. The molecule has 4 heteroatoms. The van der Waals surface area contributed by atoms with Crippen molar-refractivity contribution in [3.63, 3.8) is 0 Å². The number of nitrogens with zero attached hydrogens (tertiary/aromatic N) is 1. The minimum atomic E-state index is -1.03. The van der Waals surface area contributed by atoms with Crippen LogP contribution in [-0.4, -0.2) is 11.1 Å².